The van der Waals surface area contributed by atoms with E-state index in [1.54, 1.807) is 26.5 Å². The highest BCUT2D eigenvalue weighted by molar-refractivity contribution is 7.86. The molecule has 2 aliphatic rings. The lowest BCUT2D eigenvalue weighted by atomic mass is 10.0. The van der Waals surface area contributed by atoms with Gasteiger partial charge < -0.3 is 51.0 Å². The minimum atomic E-state index is -5.19. The molecule has 2 heterocycles. The molecule has 10 N–H and O–H groups in total. The third kappa shape index (κ3) is 20.0. The first-order chi connectivity index (χ1) is 27.5. The molecule has 4 unspecified atom stereocenters. The molecule has 3 amide bonds. The fraction of sp³-hybridized carbons (Fsp3) is 0.806. The maximum Gasteiger partial charge on any atom is 0.317 e. The Labute approximate surface area is 340 Å². The van der Waals surface area contributed by atoms with Gasteiger partial charge in [-0.2, -0.15) is 16.8 Å². The molecule has 2 rings (SSSR count). The van der Waals surface area contributed by atoms with Gasteiger partial charge in [0.15, 0.2) is 6.29 Å². The van der Waals surface area contributed by atoms with Gasteiger partial charge >= 0.3 is 17.9 Å². The molecule has 0 aromatic heterocycles. The normalized spacial score (nSPS) is 24.2. The molecule has 59 heavy (non-hydrogen) atoms. The van der Waals surface area contributed by atoms with Gasteiger partial charge in [0.05, 0.1) is 32.8 Å². The third-order valence-electron chi connectivity index (χ3n) is 9.10. The zero-order chi connectivity index (χ0) is 44.5. The molecule has 0 aliphatic carbocycles. The number of aliphatic hydroxyl groups is 2. The van der Waals surface area contributed by atoms with Crippen LogP contribution in [0.4, 0.5) is 0 Å². The SMILES string of the molecule is CCNC(=O)[C@@H](CCC(=O)NCCOC1OC(CS(=O)(=O)O)C(O)C(S(=O)(=O)O)[C@@H]1O)NC(=O)CN1CCN(CC(=O)O)CCN(CC(=O)O)CCN(CC(=O)O)CC1. The molecular formula is C31H55N7O19S2. The summed E-state index contributed by atoms with van der Waals surface area (Å²) in [5.41, 5.74) is 0. The van der Waals surface area contributed by atoms with E-state index in [1.807, 2.05) is 0 Å². The largest absolute Gasteiger partial charge is 0.480 e. The molecular weight excluding hydrogens is 839 g/mol. The van der Waals surface area contributed by atoms with Gasteiger partial charge in [0.25, 0.3) is 20.2 Å². The topological polar surface area (TPSA) is 380 Å². The fourth-order valence-corrected chi connectivity index (χ4v) is 7.96. The quantitative estimate of drug-likeness (QED) is 0.0378. The van der Waals surface area contributed by atoms with E-state index >= 15 is 0 Å². The number of hydrogen-bond acceptors (Lipinski definition) is 18. The van der Waals surface area contributed by atoms with Crippen molar-refractivity contribution in [1.29, 1.82) is 0 Å². The molecule has 0 bridgehead atoms. The van der Waals surface area contributed by atoms with E-state index in [-0.39, 0.29) is 104 Å². The van der Waals surface area contributed by atoms with Crippen LogP contribution in [0.1, 0.15) is 19.8 Å². The molecule has 0 spiro atoms. The highest BCUT2D eigenvalue weighted by atomic mass is 32.2. The number of carbonyl (C=O) groups excluding carboxylic acids is 3. The lowest BCUT2D eigenvalue weighted by molar-refractivity contribution is -0.257. The molecule has 340 valence electrons. The van der Waals surface area contributed by atoms with Gasteiger partial charge in [-0.3, -0.25) is 57.5 Å². The van der Waals surface area contributed by atoms with Gasteiger partial charge in [0.2, 0.25) is 17.7 Å². The Bertz CT molecular complexity index is 1620. The number of aliphatic carboxylic acids is 3. The van der Waals surface area contributed by atoms with E-state index < -0.39 is 104 Å². The average Bonchev–Trinajstić information content (AvgIpc) is 3.09. The van der Waals surface area contributed by atoms with Crippen molar-refractivity contribution in [3.63, 3.8) is 0 Å². The Kier molecular flexibility index (Phi) is 21.4. The Balaban J connectivity index is 2.05. The number of likely N-dealkylation sites (N-methyl/N-ethyl adjacent to an activating group) is 1. The second-order valence-corrected chi connectivity index (χ2v) is 16.9. The summed E-state index contributed by atoms with van der Waals surface area (Å²) in [6.07, 6.45) is -8.90. The number of carbonyl (C=O) groups is 6. The van der Waals surface area contributed by atoms with Crippen LogP contribution in [0.2, 0.25) is 0 Å². The Hall–Kier alpha value is -3.68. The molecule has 2 fully saturated rings. The van der Waals surface area contributed by atoms with Crippen LogP contribution in [0, 0.1) is 0 Å². The van der Waals surface area contributed by atoms with E-state index in [2.05, 4.69) is 16.0 Å². The van der Waals surface area contributed by atoms with E-state index in [9.17, 15) is 75.7 Å². The molecule has 26 nitrogen and oxygen atoms in total. The zero-order valence-corrected chi connectivity index (χ0v) is 34.0. The third-order valence-corrected chi connectivity index (χ3v) is 11.1. The number of ether oxygens (including phenoxy) is 2. The van der Waals surface area contributed by atoms with Crippen molar-refractivity contribution in [2.24, 2.45) is 0 Å². The van der Waals surface area contributed by atoms with E-state index in [0.29, 0.717) is 0 Å². The van der Waals surface area contributed by atoms with Gasteiger partial charge in [-0.1, -0.05) is 0 Å². The average molecular weight is 894 g/mol. The Morgan fingerprint density at radius 2 is 1.17 bits per heavy atom. The minimum absolute atomic E-state index is 0.137. The maximum atomic E-state index is 13.3. The first kappa shape index (κ1) is 51.5. The van der Waals surface area contributed by atoms with Gasteiger partial charge in [-0.25, -0.2) is 0 Å². The summed E-state index contributed by atoms with van der Waals surface area (Å²) in [5.74, 6) is -6.57. The zero-order valence-electron chi connectivity index (χ0n) is 32.3. The highest BCUT2D eigenvalue weighted by Gasteiger charge is 2.52. The summed E-state index contributed by atoms with van der Waals surface area (Å²) in [7, 11) is -10.0. The second kappa shape index (κ2) is 24.5. The highest BCUT2D eigenvalue weighted by Crippen LogP contribution is 2.27. The monoisotopic (exact) mass is 893 g/mol. The lowest BCUT2D eigenvalue weighted by Gasteiger charge is -2.40. The summed E-state index contributed by atoms with van der Waals surface area (Å²) in [5, 5.41) is 54.0. The van der Waals surface area contributed by atoms with Gasteiger partial charge in [-0.05, 0) is 13.3 Å². The summed E-state index contributed by atoms with van der Waals surface area (Å²) in [6.45, 7) is 0.878. The number of amides is 3. The number of nitrogens with one attached hydrogen (secondary N) is 3. The second-order valence-electron chi connectivity index (χ2n) is 13.8. The molecule has 0 radical (unpaired) electrons. The molecule has 0 aromatic carbocycles. The van der Waals surface area contributed by atoms with Crippen LogP contribution in [-0.4, -0.2) is 247 Å². The molecule has 28 heteroatoms. The van der Waals surface area contributed by atoms with Crippen LogP contribution >= 0.6 is 0 Å². The van der Waals surface area contributed by atoms with E-state index in [4.69, 9.17) is 14.0 Å². The van der Waals surface area contributed by atoms with E-state index in [0.717, 1.165) is 0 Å². The van der Waals surface area contributed by atoms with Crippen LogP contribution in [0.3, 0.4) is 0 Å². The first-order valence-corrected chi connectivity index (χ1v) is 21.5. The van der Waals surface area contributed by atoms with Crippen LogP contribution in [-0.2, 0) is 58.5 Å². The summed E-state index contributed by atoms with van der Waals surface area (Å²) >= 11 is 0. The predicted octanol–water partition coefficient (Wildman–Crippen LogP) is -6.41. The Morgan fingerprint density at radius 1 is 0.712 bits per heavy atom. The number of rotatable bonds is 21. The van der Waals surface area contributed by atoms with Gasteiger partial charge in [0.1, 0.15) is 35.4 Å². The van der Waals surface area contributed by atoms with Crippen LogP contribution in [0.25, 0.3) is 0 Å². The van der Waals surface area contributed by atoms with Crippen LogP contribution < -0.4 is 16.0 Å². The van der Waals surface area contributed by atoms with Crippen LogP contribution in [0.5, 0.6) is 0 Å². The molecule has 6 atom stereocenters. The van der Waals surface area contributed by atoms with Gasteiger partial charge in [0, 0.05) is 71.9 Å². The van der Waals surface area contributed by atoms with Crippen molar-refractivity contribution < 1.29 is 89.7 Å². The minimum Gasteiger partial charge on any atom is -0.480 e. The van der Waals surface area contributed by atoms with E-state index in [1.165, 1.54) is 0 Å². The molecule has 0 aromatic rings. The Morgan fingerprint density at radius 3 is 1.58 bits per heavy atom. The van der Waals surface area contributed by atoms with Crippen molar-refractivity contribution in [1.82, 2.24) is 35.6 Å². The van der Waals surface area contributed by atoms with Crippen molar-refractivity contribution in [2.75, 3.05) is 104 Å². The summed E-state index contributed by atoms with van der Waals surface area (Å²) in [4.78, 5) is 79.9. The molecule has 0 saturated carbocycles. The molecule has 2 saturated heterocycles. The molecule has 2 aliphatic heterocycles. The van der Waals surface area contributed by atoms with Gasteiger partial charge in [-0.15, -0.1) is 0 Å². The van der Waals surface area contributed by atoms with Crippen molar-refractivity contribution in [2.45, 2.75) is 55.7 Å². The summed E-state index contributed by atoms with van der Waals surface area (Å²) < 4.78 is 75.3. The van der Waals surface area contributed by atoms with Crippen molar-refractivity contribution >= 4 is 55.9 Å². The number of carboxylic acids is 3. The number of hydrogen-bond donors (Lipinski definition) is 10. The smallest absolute Gasteiger partial charge is 0.317 e. The fourth-order valence-electron chi connectivity index (χ4n) is 6.26. The standard InChI is InChI=1S/C31H55N7O19S2/c1-2-32-30(49)20(3-4-22(39)33-5-14-56-31-28(48)29(59(53,54)55)27(47)21(57-31)19-58(50,51)52)34-23(40)15-35-6-8-36(16-24(41)42)10-12-38(18-26(45)46)13-11-37(9-7-35)17-25(43)44/h20-21,27-29,31,47-48H,2-19H2,1H3,(H,32,49)(H,33,39)(H,34,40)(H,41,42)(H,43,44)(H,45,46)(H,50,51,52)(H,53,54,55)/t20-,21?,27?,28+,29?,31?/m1/s1. The lowest BCUT2D eigenvalue weighted by Crippen LogP contribution is -2.62. The van der Waals surface area contributed by atoms with Crippen molar-refractivity contribution in [3.05, 3.63) is 0 Å². The maximum absolute atomic E-state index is 13.3. The van der Waals surface area contributed by atoms with Crippen molar-refractivity contribution in [3.8, 4) is 0 Å². The first-order valence-electron chi connectivity index (χ1n) is 18.4. The number of nitrogens with zero attached hydrogens (tertiary/aromatic N) is 4. The predicted molar refractivity (Wildman–Crippen MR) is 200 cm³/mol. The number of carboxylic acid groups (broad SMARTS) is 3. The van der Waals surface area contributed by atoms with Crippen LogP contribution in [0.15, 0.2) is 0 Å². The number of aliphatic hydroxyl groups excluding tert-OH is 2. The summed E-state index contributed by atoms with van der Waals surface area (Å²) in [6, 6.07) is -1.21.